The minimum Gasteiger partial charge on any atom is -0.381 e. The number of aromatic amines is 1. The predicted molar refractivity (Wildman–Crippen MR) is 128 cm³/mol. The Morgan fingerprint density at radius 3 is 2.94 bits per heavy atom. The summed E-state index contributed by atoms with van der Waals surface area (Å²) in [4.78, 5) is 29.8. The van der Waals surface area contributed by atoms with Gasteiger partial charge in [-0.1, -0.05) is 17.4 Å². The van der Waals surface area contributed by atoms with E-state index in [1.54, 1.807) is 23.1 Å². The number of benzene rings is 1. The highest BCUT2D eigenvalue weighted by molar-refractivity contribution is 7.17. The van der Waals surface area contributed by atoms with Crippen LogP contribution < -0.4 is 16.0 Å². The van der Waals surface area contributed by atoms with Crippen LogP contribution in [0.1, 0.15) is 28.1 Å². The second-order valence-electron chi connectivity index (χ2n) is 8.05. The van der Waals surface area contributed by atoms with Gasteiger partial charge in [-0.2, -0.15) is 10.2 Å². The number of aromatic nitrogens is 5. The van der Waals surface area contributed by atoms with E-state index in [0.717, 1.165) is 35.0 Å². The van der Waals surface area contributed by atoms with Gasteiger partial charge in [0.2, 0.25) is 5.91 Å². The Hall–Kier alpha value is -3.77. The van der Waals surface area contributed by atoms with Crippen molar-refractivity contribution >= 4 is 50.7 Å². The lowest BCUT2D eigenvalue weighted by Gasteiger charge is -2.23. The molecule has 0 aliphatic carbocycles. The van der Waals surface area contributed by atoms with Crippen LogP contribution in [0.15, 0.2) is 36.8 Å². The van der Waals surface area contributed by atoms with E-state index in [-0.39, 0.29) is 24.4 Å². The van der Waals surface area contributed by atoms with Gasteiger partial charge in [-0.05, 0) is 31.4 Å². The summed E-state index contributed by atoms with van der Waals surface area (Å²) in [6.07, 6.45) is 6.59. The topological polar surface area (TPSA) is 139 Å². The van der Waals surface area contributed by atoms with Gasteiger partial charge in [-0.25, -0.2) is 4.98 Å². The lowest BCUT2D eigenvalue weighted by atomic mass is 10.1. The van der Waals surface area contributed by atoms with Crippen molar-refractivity contribution in [2.75, 3.05) is 23.8 Å². The first kappa shape index (κ1) is 22.0. The second-order valence-corrected chi connectivity index (χ2v) is 9.08. The van der Waals surface area contributed by atoms with Crippen molar-refractivity contribution in [3.05, 3.63) is 47.2 Å². The Morgan fingerprint density at radius 1 is 1.24 bits per heavy atom. The molecule has 12 heteroatoms. The molecule has 0 bridgehead atoms. The molecular weight excluding hydrogens is 456 g/mol. The van der Waals surface area contributed by atoms with E-state index in [9.17, 15) is 9.59 Å². The fourth-order valence-corrected chi connectivity index (χ4v) is 4.51. The number of fused-ring (bicyclic) bond motifs is 1. The molecular formula is C22H24N8O3S. The molecule has 11 nitrogen and oxygen atoms in total. The van der Waals surface area contributed by atoms with Gasteiger partial charge in [0.15, 0.2) is 10.9 Å². The molecule has 1 fully saturated rings. The number of carbonyl (C=O) groups excluding carboxylic acids is 2. The smallest absolute Gasteiger partial charge is 0.267 e. The monoisotopic (exact) mass is 480 g/mol. The van der Waals surface area contributed by atoms with Crippen molar-refractivity contribution in [2.24, 2.45) is 0 Å². The van der Waals surface area contributed by atoms with Crippen LogP contribution >= 0.6 is 11.3 Å². The molecule has 1 aliphatic rings. The summed E-state index contributed by atoms with van der Waals surface area (Å²) in [7, 11) is 0. The number of rotatable bonds is 7. The zero-order valence-corrected chi connectivity index (χ0v) is 19.3. The number of amides is 2. The molecule has 0 spiro atoms. The lowest BCUT2D eigenvalue weighted by Crippen LogP contribution is -2.40. The summed E-state index contributed by atoms with van der Waals surface area (Å²) in [5, 5.41) is 21.8. The molecule has 0 unspecified atom stereocenters. The lowest BCUT2D eigenvalue weighted by molar-refractivity contribution is -0.123. The summed E-state index contributed by atoms with van der Waals surface area (Å²) < 4.78 is 6.88. The summed E-state index contributed by atoms with van der Waals surface area (Å²) in [6.45, 7) is 3.41. The quantitative estimate of drug-likeness (QED) is 0.319. The molecule has 4 heterocycles. The number of hydrogen-bond donors (Lipinski definition) is 4. The molecule has 1 saturated heterocycles. The Bertz CT molecular complexity index is 1320. The Kier molecular flexibility index (Phi) is 6.23. The normalized spacial score (nSPS) is 14.3. The maximum atomic E-state index is 12.8. The van der Waals surface area contributed by atoms with Gasteiger partial charge in [0.05, 0.1) is 23.6 Å². The average molecular weight is 481 g/mol. The first-order valence-electron chi connectivity index (χ1n) is 10.9. The third-order valence-electron chi connectivity index (χ3n) is 5.57. The number of ether oxygens (including phenoxy) is 1. The van der Waals surface area contributed by atoms with Crippen molar-refractivity contribution in [1.29, 1.82) is 0 Å². The standard InChI is InChI=1S/C22H24N8O3S/c1-13-2-3-16-15(10-24-28-16)20(13)27-21(32)17-11-23-22(34-17)26-18-4-7-30(29-18)12-19(31)25-14-5-8-33-9-6-14/h2-4,7,10-11,14H,5-6,8-9,12H2,1H3,(H,24,28)(H,25,31)(H,27,32)(H,23,26,29). The van der Waals surface area contributed by atoms with Crippen LogP contribution in [0.3, 0.4) is 0 Å². The molecule has 5 rings (SSSR count). The highest BCUT2D eigenvalue weighted by atomic mass is 32.1. The highest BCUT2D eigenvalue weighted by Gasteiger charge is 2.17. The van der Waals surface area contributed by atoms with Crippen LogP contribution in [0.25, 0.3) is 10.9 Å². The number of nitrogens with one attached hydrogen (secondary N) is 4. The van der Waals surface area contributed by atoms with E-state index < -0.39 is 0 Å². The minimum atomic E-state index is -0.252. The Morgan fingerprint density at radius 2 is 2.09 bits per heavy atom. The maximum absolute atomic E-state index is 12.8. The molecule has 0 atom stereocenters. The molecule has 1 aliphatic heterocycles. The fraction of sp³-hybridized carbons (Fsp3) is 0.318. The largest absolute Gasteiger partial charge is 0.381 e. The summed E-state index contributed by atoms with van der Waals surface area (Å²) in [5.74, 6) is 0.203. The van der Waals surface area contributed by atoms with E-state index in [0.29, 0.717) is 29.0 Å². The van der Waals surface area contributed by atoms with Crippen molar-refractivity contribution in [2.45, 2.75) is 32.4 Å². The van der Waals surface area contributed by atoms with Crippen LogP contribution in [0.2, 0.25) is 0 Å². The third kappa shape index (κ3) is 4.92. The first-order valence-corrected chi connectivity index (χ1v) is 11.7. The van der Waals surface area contributed by atoms with Gasteiger partial charge in [0, 0.05) is 36.9 Å². The predicted octanol–water partition coefficient (Wildman–Crippen LogP) is 2.82. The second kappa shape index (κ2) is 9.61. The summed E-state index contributed by atoms with van der Waals surface area (Å²) in [6, 6.07) is 5.76. The van der Waals surface area contributed by atoms with Gasteiger partial charge in [-0.3, -0.25) is 19.4 Å². The molecule has 3 aromatic heterocycles. The number of carbonyl (C=O) groups is 2. The average Bonchev–Trinajstić information content (AvgIpc) is 3.58. The van der Waals surface area contributed by atoms with Crippen molar-refractivity contribution < 1.29 is 14.3 Å². The van der Waals surface area contributed by atoms with Gasteiger partial charge in [0.1, 0.15) is 11.4 Å². The number of anilines is 3. The van der Waals surface area contributed by atoms with E-state index in [1.165, 1.54) is 17.5 Å². The molecule has 4 N–H and O–H groups in total. The molecule has 1 aromatic carbocycles. The number of H-pyrrole nitrogens is 1. The van der Waals surface area contributed by atoms with Crippen molar-refractivity contribution in [1.82, 2.24) is 30.3 Å². The van der Waals surface area contributed by atoms with Crippen molar-refractivity contribution in [3.63, 3.8) is 0 Å². The van der Waals surface area contributed by atoms with Crippen LogP contribution in [-0.4, -0.2) is 56.0 Å². The molecule has 2 amide bonds. The zero-order valence-electron chi connectivity index (χ0n) is 18.5. The molecule has 34 heavy (non-hydrogen) atoms. The van der Waals surface area contributed by atoms with Gasteiger partial charge < -0.3 is 20.7 Å². The summed E-state index contributed by atoms with van der Waals surface area (Å²) in [5.41, 5.74) is 2.51. The third-order valence-corrected chi connectivity index (χ3v) is 6.48. The molecule has 4 aromatic rings. The first-order chi connectivity index (χ1) is 16.5. The van der Waals surface area contributed by atoms with Gasteiger partial charge in [0.25, 0.3) is 5.91 Å². The van der Waals surface area contributed by atoms with Crippen molar-refractivity contribution in [3.8, 4) is 0 Å². The van der Waals surface area contributed by atoms with E-state index >= 15 is 0 Å². The SMILES string of the molecule is Cc1ccc2[nH]ncc2c1NC(=O)c1cnc(Nc2ccn(CC(=O)NC3CCOCC3)n2)s1. The highest BCUT2D eigenvalue weighted by Crippen LogP contribution is 2.28. The Balaban J connectivity index is 1.19. The number of aryl methyl sites for hydroxylation is 1. The summed E-state index contributed by atoms with van der Waals surface area (Å²) >= 11 is 1.22. The van der Waals surface area contributed by atoms with Crippen LogP contribution in [0, 0.1) is 6.92 Å². The fourth-order valence-electron chi connectivity index (χ4n) is 3.79. The number of hydrogen-bond acceptors (Lipinski definition) is 8. The van der Waals surface area contributed by atoms with Crippen LogP contribution in [0.5, 0.6) is 0 Å². The maximum Gasteiger partial charge on any atom is 0.267 e. The van der Waals surface area contributed by atoms with E-state index in [2.05, 4.69) is 36.2 Å². The van der Waals surface area contributed by atoms with Gasteiger partial charge >= 0.3 is 0 Å². The van der Waals surface area contributed by atoms with E-state index in [1.807, 2.05) is 19.1 Å². The van der Waals surface area contributed by atoms with Gasteiger partial charge in [-0.15, -0.1) is 0 Å². The molecule has 0 saturated carbocycles. The zero-order chi connectivity index (χ0) is 23.5. The number of nitrogens with zero attached hydrogens (tertiary/aromatic N) is 4. The molecule has 176 valence electrons. The Labute approximate surface area is 198 Å². The van der Waals surface area contributed by atoms with E-state index in [4.69, 9.17) is 4.74 Å². The minimum absolute atomic E-state index is 0.0855. The molecule has 0 radical (unpaired) electrons. The number of thiazole rings is 1. The van der Waals surface area contributed by atoms with Crippen LogP contribution in [-0.2, 0) is 16.1 Å². The van der Waals surface area contributed by atoms with Crippen LogP contribution in [0.4, 0.5) is 16.6 Å².